The quantitative estimate of drug-likeness (QED) is 0.624. The molecule has 0 fully saturated rings. The molecule has 0 bridgehead atoms. The van der Waals surface area contributed by atoms with Gasteiger partial charge in [-0.25, -0.2) is 0 Å². The summed E-state index contributed by atoms with van der Waals surface area (Å²) in [6.45, 7) is 1.39. The van der Waals surface area contributed by atoms with Crippen molar-refractivity contribution in [3.8, 4) is 0 Å². The van der Waals surface area contributed by atoms with Crippen LogP contribution >= 0.6 is 0 Å². The van der Waals surface area contributed by atoms with Crippen LogP contribution in [0.5, 0.6) is 0 Å². The highest BCUT2D eigenvalue weighted by Crippen LogP contribution is 2.45. The molecule has 2 aliphatic rings. The first-order valence-corrected chi connectivity index (χ1v) is 8.17. The predicted octanol–water partition coefficient (Wildman–Crippen LogP) is 3.60. The molecule has 124 valence electrons. The van der Waals surface area contributed by atoms with E-state index in [4.69, 9.17) is 4.74 Å². The molecule has 0 unspecified atom stereocenters. The summed E-state index contributed by atoms with van der Waals surface area (Å²) >= 11 is 0. The number of ether oxygens (including phenoxy) is 1. The predicted molar refractivity (Wildman–Crippen MR) is 95.2 cm³/mol. The molecule has 0 N–H and O–H groups in total. The van der Waals surface area contributed by atoms with Crippen molar-refractivity contribution in [1.29, 1.82) is 0 Å². The number of anilines is 1. The largest absolute Gasteiger partial charge is 0.454 e. The van der Waals surface area contributed by atoms with E-state index in [0.717, 1.165) is 11.3 Å². The summed E-state index contributed by atoms with van der Waals surface area (Å²) in [7, 11) is 0. The van der Waals surface area contributed by atoms with Crippen molar-refractivity contribution < 1.29 is 14.3 Å². The van der Waals surface area contributed by atoms with Crippen LogP contribution in [0.1, 0.15) is 22.8 Å². The van der Waals surface area contributed by atoms with Gasteiger partial charge in [-0.05, 0) is 35.9 Å². The maximum Gasteiger partial charge on any atom is 0.303 e. The SMILES string of the molecule is CC(=O)OC1C=CC2(C=C1)c1ccccc1C(=O)N2c1ccccc1. The number of esters is 1. The van der Waals surface area contributed by atoms with E-state index in [-0.39, 0.29) is 11.9 Å². The standard InChI is InChI=1S/C21H17NO3/c1-15(23)25-17-11-13-21(14-12-17)19-10-6-5-9-18(19)20(24)22(21)16-7-3-2-4-8-16/h2-14,17H,1H3. The maximum atomic E-state index is 13.1. The van der Waals surface area contributed by atoms with E-state index < -0.39 is 11.6 Å². The number of benzene rings is 2. The topological polar surface area (TPSA) is 46.6 Å². The first-order valence-electron chi connectivity index (χ1n) is 8.17. The van der Waals surface area contributed by atoms with Gasteiger partial charge in [0.25, 0.3) is 5.91 Å². The molecule has 0 aromatic heterocycles. The van der Waals surface area contributed by atoms with Crippen LogP contribution < -0.4 is 4.90 Å². The lowest BCUT2D eigenvalue weighted by atomic mass is 9.85. The summed E-state index contributed by atoms with van der Waals surface area (Å²) in [5.41, 5.74) is 1.74. The second kappa shape index (κ2) is 5.74. The van der Waals surface area contributed by atoms with Gasteiger partial charge in [0.05, 0.1) is 0 Å². The Kier molecular flexibility index (Phi) is 3.53. The normalized spacial score (nSPS) is 23.8. The minimum atomic E-state index is -0.703. The summed E-state index contributed by atoms with van der Waals surface area (Å²) < 4.78 is 5.23. The molecule has 0 saturated heterocycles. The fourth-order valence-electron chi connectivity index (χ4n) is 3.54. The third-order valence-electron chi connectivity index (χ3n) is 4.56. The van der Waals surface area contributed by atoms with E-state index in [2.05, 4.69) is 0 Å². The van der Waals surface area contributed by atoms with Crippen LogP contribution in [0.25, 0.3) is 0 Å². The fraction of sp³-hybridized carbons (Fsp3) is 0.143. The molecule has 4 rings (SSSR count). The van der Waals surface area contributed by atoms with E-state index in [9.17, 15) is 9.59 Å². The summed E-state index contributed by atoms with van der Waals surface area (Å²) in [5.74, 6) is -0.375. The van der Waals surface area contributed by atoms with Crippen LogP contribution in [-0.4, -0.2) is 18.0 Å². The van der Waals surface area contributed by atoms with E-state index in [1.807, 2.05) is 78.9 Å². The fourth-order valence-corrected chi connectivity index (χ4v) is 3.54. The Morgan fingerprint density at radius 2 is 1.64 bits per heavy atom. The van der Waals surface area contributed by atoms with Crippen molar-refractivity contribution in [1.82, 2.24) is 0 Å². The van der Waals surface area contributed by atoms with Crippen LogP contribution in [0.2, 0.25) is 0 Å². The first kappa shape index (κ1) is 15.4. The molecule has 2 aromatic rings. The van der Waals surface area contributed by atoms with Gasteiger partial charge in [-0.2, -0.15) is 0 Å². The molecular weight excluding hydrogens is 314 g/mol. The molecule has 0 saturated carbocycles. The molecule has 4 heteroatoms. The van der Waals surface area contributed by atoms with Gasteiger partial charge in [0.15, 0.2) is 0 Å². The number of para-hydroxylation sites is 1. The van der Waals surface area contributed by atoms with Gasteiger partial charge >= 0.3 is 5.97 Å². The molecule has 2 aromatic carbocycles. The second-order valence-corrected chi connectivity index (χ2v) is 6.14. The number of rotatable bonds is 2. The minimum Gasteiger partial charge on any atom is -0.454 e. The molecule has 1 spiro atoms. The van der Waals surface area contributed by atoms with Gasteiger partial charge in [0.2, 0.25) is 0 Å². The third kappa shape index (κ3) is 2.38. The van der Waals surface area contributed by atoms with Crippen LogP contribution in [0.3, 0.4) is 0 Å². The zero-order chi connectivity index (χ0) is 17.4. The van der Waals surface area contributed by atoms with Crippen molar-refractivity contribution in [2.24, 2.45) is 0 Å². The van der Waals surface area contributed by atoms with Crippen molar-refractivity contribution >= 4 is 17.6 Å². The van der Waals surface area contributed by atoms with E-state index in [1.54, 1.807) is 4.90 Å². The van der Waals surface area contributed by atoms with E-state index in [0.29, 0.717) is 5.56 Å². The summed E-state index contributed by atoms with van der Waals surface area (Å²) in [4.78, 5) is 26.1. The molecule has 1 amide bonds. The van der Waals surface area contributed by atoms with E-state index in [1.165, 1.54) is 6.92 Å². The Hall–Kier alpha value is -3.14. The lowest BCUT2D eigenvalue weighted by Gasteiger charge is -2.36. The number of hydrogen-bond donors (Lipinski definition) is 0. The molecule has 0 atom stereocenters. The van der Waals surface area contributed by atoms with Crippen LogP contribution in [-0.2, 0) is 15.1 Å². The Morgan fingerprint density at radius 1 is 1.00 bits per heavy atom. The van der Waals surface area contributed by atoms with Gasteiger partial charge in [-0.1, -0.05) is 48.6 Å². The highest BCUT2D eigenvalue weighted by molar-refractivity contribution is 6.13. The molecule has 1 heterocycles. The lowest BCUT2D eigenvalue weighted by Crippen LogP contribution is -2.42. The Labute approximate surface area is 146 Å². The van der Waals surface area contributed by atoms with Gasteiger partial charge in [0, 0.05) is 18.2 Å². The second-order valence-electron chi connectivity index (χ2n) is 6.14. The van der Waals surface area contributed by atoms with E-state index >= 15 is 0 Å². The minimum absolute atomic E-state index is 0.0398. The highest BCUT2D eigenvalue weighted by atomic mass is 16.5. The number of hydrogen-bond acceptors (Lipinski definition) is 3. The average Bonchev–Trinajstić information content (AvgIpc) is 2.87. The van der Waals surface area contributed by atoms with Gasteiger partial charge in [0.1, 0.15) is 11.6 Å². The number of fused-ring (bicyclic) bond motifs is 2. The average molecular weight is 331 g/mol. The maximum absolute atomic E-state index is 13.1. The number of nitrogens with zero attached hydrogens (tertiary/aromatic N) is 1. The third-order valence-corrected chi connectivity index (χ3v) is 4.56. The number of carbonyl (C=O) groups is 2. The molecule has 25 heavy (non-hydrogen) atoms. The van der Waals surface area contributed by atoms with Gasteiger partial charge < -0.3 is 4.74 Å². The zero-order valence-electron chi connectivity index (χ0n) is 13.8. The monoisotopic (exact) mass is 331 g/mol. The van der Waals surface area contributed by atoms with Crippen LogP contribution in [0.15, 0.2) is 78.9 Å². The van der Waals surface area contributed by atoms with Gasteiger partial charge in [-0.3, -0.25) is 14.5 Å². The zero-order valence-corrected chi connectivity index (χ0v) is 13.8. The van der Waals surface area contributed by atoms with Crippen molar-refractivity contribution in [3.63, 3.8) is 0 Å². The first-order chi connectivity index (χ1) is 12.1. The molecule has 4 nitrogen and oxygen atoms in total. The summed E-state index contributed by atoms with van der Waals surface area (Å²) in [6, 6.07) is 17.2. The Morgan fingerprint density at radius 3 is 2.32 bits per heavy atom. The van der Waals surface area contributed by atoms with Gasteiger partial charge in [-0.15, -0.1) is 0 Å². The Balaban J connectivity index is 1.84. The van der Waals surface area contributed by atoms with Crippen LogP contribution in [0.4, 0.5) is 5.69 Å². The number of amides is 1. The van der Waals surface area contributed by atoms with Crippen LogP contribution in [0, 0.1) is 0 Å². The van der Waals surface area contributed by atoms with Crippen molar-refractivity contribution in [2.75, 3.05) is 4.90 Å². The summed E-state index contributed by atoms with van der Waals surface area (Å²) in [5, 5.41) is 0. The lowest BCUT2D eigenvalue weighted by molar-refractivity contribution is -0.142. The molecule has 1 aliphatic carbocycles. The molecule has 1 aliphatic heterocycles. The van der Waals surface area contributed by atoms with Crippen molar-refractivity contribution in [2.45, 2.75) is 18.6 Å². The number of carbonyl (C=O) groups excluding carboxylic acids is 2. The highest BCUT2D eigenvalue weighted by Gasteiger charge is 2.48. The Bertz CT molecular complexity index is 884. The summed E-state index contributed by atoms with van der Waals surface area (Å²) in [6.07, 6.45) is 7.12. The molecule has 0 radical (unpaired) electrons. The smallest absolute Gasteiger partial charge is 0.303 e. The van der Waals surface area contributed by atoms with Crippen molar-refractivity contribution in [3.05, 3.63) is 90.0 Å². The molecular formula is C21H17NO3.